The van der Waals surface area contributed by atoms with E-state index in [1.807, 2.05) is 49.4 Å². The fraction of sp³-hybridized carbons (Fsp3) is 0.125. The van der Waals surface area contributed by atoms with Crippen molar-refractivity contribution in [2.45, 2.75) is 13.8 Å². The molecule has 0 aliphatic rings. The van der Waals surface area contributed by atoms with Crippen molar-refractivity contribution in [3.63, 3.8) is 0 Å². The molecule has 0 spiro atoms. The molecule has 7 nitrogen and oxygen atoms in total. The number of aromatic nitrogens is 2. The molecule has 1 N–H and O–H groups in total. The van der Waals surface area contributed by atoms with Crippen molar-refractivity contribution in [1.29, 1.82) is 0 Å². The number of benzene rings is 3. The van der Waals surface area contributed by atoms with Gasteiger partial charge in [-0.05, 0) is 79.2 Å². The van der Waals surface area contributed by atoms with E-state index in [0.717, 1.165) is 28.1 Å². The van der Waals surface area contributed by atoms with Crippen molar-refractivity contribution in [3.8, 4) is 40.1 Å². The molecule has 156 valence electrons. The first kappa shape index (κ1) is 20.2. The van der Waals surface area contributed by atoms with Gasteiger partial charge in [0.25, 0.3) is 5.89 Å². The Hall–Kier alpha value is -4.13. The van der Waals surface area contributed by atoms with Gasteiger partial charge in [-0.2, -0.15) is 4.98 Å². The average Bonchev–Trinajstić information content (AvgIpc) is 3.25. The molecule has 1 heterocycles. The lowest BCUT2D eigenvalue weighted by Gasteiger charge is -2.07. The zero-order valence-corrected chi connectivity index (χ0v) is 17.4. The van der Waals surface area contributed by atoms with Crippen molar-refractivity contribution in [2.75, 3.05) is 12.4 Å². The normalized spacial score (nSPS) is 10.5. The van der Waals surface area contributed by atoms with E-state index < -0.39 is 0 Å². The summed E-state index contributed by atoms with van der Waals surface area (Å²) in [7, 11) is 1.63. The minimum atomic E-state index is -0.115. The summed E-state index contributed by atoms with van der Waals surface area (Å²) in [6.45, 7) is 3.44. The Kier molecular flexibility index (Phi) is 5.66. The van der Waals surface area contributed by atoms with E-state index >= 15 is 0 Å². The first-order valence-electron chi connectivity index (χ1n) is 9.66. The number of anilines is 1. The van der Waals surface area contributed by atoms with Gasteiger partial charge in [0, 0.05) is 23.7 Å². The first-order valence-corrected chi connectivity index (χ1v) is 9.66. The van der Waals surface area contributed by atoms with Crippen LogP contribution in [-0.4, -0.2) is 23.2 Å². The highest BCUT2D eigenvalue weighted by Crippen LogP contribution is 2.29. The van der Waals surface area contributed by atoms with Gasteiger partial charge in [-0.1, -0.05) is 5.16 Å². The van der Waals surface area contributed by atoms with Gasteiger partial charge in [-0.15, -0.1) is 0 Å². The lowest BCUT2D eigenvalue weighted by molar-refractivity contribution is -0.114. The molecule has 3 aromatic carbocycles. The summed E-state index contributed by atoms with van der Waals surface area (Å²) in [5.74, 6) is 2.95. The van der Waals surface area contributed by atoms with Crippen LogP contribution in [0.3, 0.4) is 0 Å². The number of hydrogen-bond acceptors (Lipinski definition) is 6. The Bertz CT molecular complexity index is 1200. The van der Waals surface area contributed by atoms with Gasteiger partial charge in [0.15, 0.2) is 0 Å². The highest BCUT2D eigenvalue weighted by molar-refractivity contribution is 5.88. The van der Waals surface area contributed by atoms with Gasteiger partial charge in [-0.3, -0.25) is 4.79 Å². The third-order valence-electron chi connectivity index (χ3n) is 4.61. The SMILES string of the molecule is COc1ccc(-c2nc(-c3ccc(Oc4ccc(NC(C)=O)cc4)cc3)no2)c(C)c1. The summed E-state index contributed by atoms with van der Waals surface area (Å²) in [6, 6.07) is 20.3. The molecule has 0 aliphatic heterocycles. The Balaban J connectivity index is 1.47. The number of rotatable bonds is 6. The van der Waals surface area contributed by atoms with Crippen LogP contribution in [0.2, 0.25) is 0 Å². The van der Waals surface area contributed by atoms with E-state index in [1.54, 1.807) is 31.4 Å². The fourth-order valence-electron chi connectivity index (χ4n) is 3.07. The molecule has 7 heteroatoms. The van der Waals surface area contributed by atoms with Crippen molar-refractivity contribution in [1.82, 2.24) is 10.1 Å². The minimum absolute atomic E-state index is 0.115. The number of methoxy groups -OCH3 is 1. The van der Waals surface area contributed by atoms with Gasteiger partial charge in [0.05, 0.1) is 7.11 Å². The molecule has 0 aliphatic carbocycles. The maximum absolute atomic E-state index is 11.1. The highest BCUT2D eigenvalue weighted by atomic mass is 16.5. The number of carbonyl (C=O) groups is 1. The maximum atomic E-state index is 11.1. The van der Waals surface area contributed by atoms with Crippen LogP contribution in [-0.2, 0) is 4.79 Å². The molecule has 0 fully saturated rings. The predicted octanol–water partition coefficient (Wildman–Crippen LogP) is 5.47. The largest absolute Gasteiger partial charge is 0.497 e. The molecular formula is C24H21N3O4. The zero-order chi connectivity index (χ0) is 21.8. The Morgan fingerprint density at radius 1 is 0.935 bits per heavy atom. The molecule has 0 unspecified atom stereocenters. The number of ether oxygens (including phenoxy) is 2. The van der Waals surface area contributed by atoms with Gasteiger partial charge >= 0.3 is 0 Å². The quantitative estimate of drug-likeness (QED) is 0.449. The second-order valence-corrected chi connectivity index (χ2v) is 6.94. The van der Waals surface area contributed by atoms with Gasteiger partial charge in [0.1, 0.15) is 17.2 Å². The third-order valence-corrected chi connectivity index (χ3v) is 4.61. The van der Waals surface area contributed by atoms with Crippen LogP contribution in [0.1, 0.15) is 12.5 Å². The number of aryl methyl sites for hydroxylation is 1. The predicted molar refractivity (Wildman–Crippen MR) is 117 cm³/mol. The van der Waals surface area contributed by atoms with Crippen molar-refractivity contribution in [2.24, 2.45) is 0 Å². The summed E-state index contributed by atoms with van der Waals surface area (Å²) >= 11 is 0. The fourth-order valence-corrected chi connectivity index (χ4v) is 3.07. The van der Waals surface area contributed by atoms with E-state index in [-0.39, 0.29) is 5.91 Å². The summed E-state index contributed by atoms with van der Waals surface area (Å²) in [5, 5.41) is 6.82. The van der Waals surface area contributed by atoms with E-state index in [2.05, 4.69) is 15.5 Å². The molecule has 0 bridgehead atoms. The average molecular weight is 415 g/mol. The number of hydrogen-bond donors (Lipinski definition) is 1. The Morgan fingerprint density at radius 2 is 1.58 bits per heavy atom. The number of amides is 1. The van der Waals surface area contributed by atoms with Crippen LogP contribution >= 0.6 is 0 Å². The summed E-state index contributed by atoms with van der Waals surface area (Å²) in [4.78, 5) is 15.6. The van der Waals surface area contributed by atoms with E-state index in [4.69, 9.17) is 14.0 Å². The molecule has 0 radical (unpaired) electrons. The van der Waals surface area contributed by atoms with Crippen LogP contribution in [0.5, 0.6) is 17.2 Å². The maximum Gasteiger partial charge on any atom is 0.258 e. The molecule has 0 atom stereocenters. The number of nitrogens with zero attached hydrogens (tertiary/aromatic N) is 2. The standard InChI is InChI=1S/C24H21N3O4/c1-15-14-21(29-3)12-13-22(15)24-26-23(27-31-24)17-4-8-19(9-5-17)30-20-10-6-18(7-11-20)25-16(2)28/h4-14H,1-3H3,(H,25,28). The lowest BCUT2D eigenvalue weighted by atomic mass is 10.1. The summed E-state index contributed by atoms with van der Waals surface area (Å²) in [5.41, 5.74) is 3.38. The topological polar surface area (TPSA) is 86.5 Å². The first-order chi connectivity index (χ1) is 15.0. The van der Waals surface area contributed by atoms with Crippen LogP contribution in [0, 0.1) is 6.92 Å². The third kappa shape index (κ3) is 4.72. The van der Waals surface area contributed by atoms with Gasteiger partial charge in [-0.25, -0.2) is 0 Å². The highest BCUT2D eigenvalue weighted by Gasteiger charge is 2.13. The Morgan fingerprint density at radius 3 is 2.19 bits per heavy atom. The smallest absolute Gasteiger partial charge is 0.258 e. The number of carbonyl (C=O) groups excluding carboxylic acids is 1. The second kappa shape index (κ2) is 8.71. The molecular weight excluding hydrogens is 394 g/mol. The van der Waals surface area contributed by atoms with E-state index in [0.29, 0.717) is 23.2 Å². The van der Waals surface area contributed by atoms with E-state index in [1.165, 1.54) is 6.92 Å². The van der Waals surface area contributed by atoms with Crippen LogP contribution < -0.4 is 14.8 Å². The van der Waals surface area contributed by atoms with Crippen LogP contribution in [0.25, 0.3) is 22.8 Å². The zero-order valence-electron chi connectivity index (χ0n) is 17.4. The summed E-state index contributed by atoms with van der Waals surface area (Å²) in [6.07, 6.45) is 0. The van der Waals surface area contributed by atoms with Crippen LogP contribution in [0.4, 0.5) is 5.69 Å². The monoisotopic (exact) mass is 415 g/mol. The van der Waals surface area contributed by atoms with Gasteiger partial charge < -0.3 is 19.3 Å². The molecule has 4 aromatic rings. The Labute approximate surface area is 179 Å². The molecule has 4 rings (SSSR count). The minimum Gasteiger partial charge on any atom is -0.497 e. The van der Waals surface area contributed by atoms with Crippen molar-refractivity contribution in [3.05, 3.63) is 72.3 Å². The molecule has 0 saturated heterocycles. The van der Waals surface area contributed by atoms with Crippen molar-refractivity contribution >= 4 is 11.6 Å². The molecule has 31 heavy (non-hydrogen) atoms. The van der Waals surface area contributed by atoms with Crippen molar-refractivity contribution < 1.29 is 18.8 Å². The second-order valence-electron chi connectivity index (χ2n) is 6.94. The molecule has 0 saturated carbocycles. The van der Waals surface area contributed by atoms with Crippen LogP contribution in [0.15, 0.2) is 71.3 Å². The summed E-state index contributed by atoms with van der Waals surface area (Å²) < 4.78 is 16.6. The lowest BCUT2D eigenvalue weighted by Crippen LogP contribution is -2.05. The molecule has 1 aromatic heterocycles. The molecule has 1 amide bonds. The van der Waals surface area contributed by atoms with E-state index in [9.17, 15) is 4.79 Å². The van der Waals surface area contributed by atoms with Gasteiger partial charge in [0.2, 0.25) is 11.7 Å². The number of nitrogens with one attached hydrogen (secondary N) is 1.